The number of hydrogen-bond donors (Lipinski definition) is 1. The molecule has 1 N–H and O–H groups in total. The summed E-state index contributed by atoms with van der Waals surface area (Å²) in [5.74, 6) is -1.36. The molecule has 0 spiro atoms. The number of amides is 1. The molecular formula is C12H13FN2O5. The minimum Gasteiger partial charge on any atom is -0.394 e. The molecule has 7 nitrogen and oxygen atoms in total. The van der Waals surface area contributed by atoms with Gasteiger partial charge in [0, 0.05) is 19.2 Å². The summed E-state index contributed by atoms with van der Waals surface area (Å²) < 4.78 is 18.4. The standard InChI is InChI=1S/C12H13FN2O5/c13-8-1-2-11(15(18)19)10(5-8)12(17)14-3-4-20-9(6-14)7-16/h1-2,5,9,16H,3-4,6-7H2. The summed E-state index contributed by atoms with van der Waals surface area (Å²) in [5.41, 5.74) is -0.739. The molecular weight excluding hydrogens is 271 g/mol. The highest BCUT2D eigenvalue weighted by molar-refractivity contribution is 5.98. The lowest BCUT2D eigenvalue weighted by Crippen LogP contribution is -2.47. The Morgan fingerprint density at radius 3 is 3.00 bits per heavy atom. The van der Waals surface area contributed by atoms with Gasteiger partial charge >= 0.3 is 0 Å². The maximum atomic E-state index is 13.2. The molecule has 20 heavy (non-hydrogen) atoms. The molecule has 1 aliphatic rings. The van der Waals surface area contributed by atoms with Crippen LogP contribution in [0.15, 0.2) is 18.2 Å². The third kappa shape index (κ3) is 2.91. The number of benzene rings is 1. The zero-order valence-corrected chi connectivity index (χ0v) is 10.5. The molecule has 0 aromatic heterocycles. The first-order valence-electron chi connectivity index (χ1n) is 5.98. The molecule has 1 fully saturated rings. The zero-order valence-electron chi connectivity index (χ0n) is 10.5. The number of rotatable bonds is 3. The van der Waals surface area contributed by atoms with Gasteiger partial charge in [0.15, 0.2) is 0 Å². The van der Waals surface area contributed by atoms with Crippen molar-refractivity contribution in [3.05, 3.63) is 39.7 Å². The smallest absolute Gasteiger partial charge is 0.282 e. The molecule has 108 valence electrons. The summed E-state index contributed by atoms with van der Waals surface area (Å²) >= 11 is 0. The van der Waals surface area contributed by atoms with Crippen molar-refractivity contribution in [1.29, 1.82) is 0 Å². The summed E-state index contributed by atoms with van der Waals surface area (Å²) in [6, 6.07) is 2.75. The highest BCUT2D eigenvalue weighted by atomic mass is 19.1. The Kier molecular flexibility index (Phi) is 4.26. The number of aliphatic hydroxyl groups is 1. The number of nitro groups is 1. The lowest BCUT2D eigenvalue weighted by atomic mass is 10.1. The van der Waals surface area contributed by atoms with Gasteiger partial charge in [0.05, 0.1) is 24.2 Å². The van der Waals surface area contributed by atoms with Crippen molar-refractivity contribution in [3.63, 3.8) is 0 Å². The molecule has 0 bridgehead atoms. The number of nitro benzene ring substituents is 1. The van der Waals surface area contributed by atoms with Gasteiger partial charge in [-0.3, -0.25) is 14.9 Å². The van der Waals surface area contributed by atoms with Crippen molar-refractivity contribution in [2.24, 2.45) is 0 Å². The van der Waals surface area contributed by atoms with Crippen LogP contribution in [0.25, 0.3) is 0 Å². The second-order valence-electron chi connectivity index (χ2n) is 4.35. The molecule has 8 heteroatoms. The monoisotopic (exact) mass is 284 g/mol. The van der Waals surface area contributed by atoms with Crippen LogP contribution in [0, 0.1) is 15.9 Å². The largest absolute Gasteiger partial charge is 0.394 e. The summed E-state index contributed by atoms with van der Waals surface area (Å²) in [4.78, 5) is 23.7. The predicted molar refractivity (Wildman–Crippen MR) is 65.8 cm³/mol. The normalized spacial score (nSPS) is 18.9. The van der Waals surface area contributed by atoms with Crippen LogP contribution in [-0.2, 0) is 4.74 Å². The van der Waals surface area contributed by atoms with Gasteiger partial charge in [-0.2, -0.15) is 0 Å². The average molecular weight is 284 g/mol. The second kappa shape index (κ2) is 5.93. The molecule has 1 aliphatic heterocycles. The number of halogens is 1. The van der Waals surface area contributed by atoms with E-state index in [9.17, 15) is 19.3 Å². The lowest BCUT2D eigenvalue weighted by molar-refractivity contribution is -0.385. The van der Waals surface area contributed by atoms with Gasteiger partial charge in [-0.1, -0.05) is 0 Å². The van der Waals surface area contributed by atoms with E-state index in [1.807, 2.05) is 0 Å². The van der Waals surface area contributed by atoms with Crippen molar-refractivity contribution < 1.29 is 24.0 Å². The molecule has 1 saturated heterocycles. The first-order valence-corrected chi connectivity index (χ1v) is 5.98. The molecule has 1 aromatic rings. The van der Waals surface area contributed by atoms with Gasteiger partial charge in [0.1, 0.15) is 11.4 Å². The summed E-state index contributed by atoms with van der Waals surface area (Å²) in [6.07, 6.45) is -0.527. The predicted octanol–water partition coefficient (Wildman–Crippen LogP) is 0.567. The molecule has 0 saturated carbocycles. The zero-order chi connectivity index (χ0) is 14.7. The molecule has 1 unspecified atom stereocenters. The second-order valence-corrected chi connectivity index (χ2v) is 4.35. The third-order valence-electron chi connectivity index (χ3n) is 3.02. The van der Waals surface area contributed by atoms with Crippen LogP contribution < -0.4 is 0 Å². The molecule has 0 radical (unpaired) electrons. The Hall–Kier alpha value is -2.06. The Labute approximate surface area is 113 Å². The summed E-state index contributed by atoms with van der Waals surface area (Å²) in [5, 5.41) is 19.9. The van der Waals surface area contributed by atoms with Crippen molar-refractivity contribution in [1.82, 2.24) is 4.90 Å². The molecule has 1 amide bonds. The fourth-order valence-electron chi connectivity index (χ4n) is 2.02. The highest BCUT2D eigenvalue weighted by Gasteiger charge is 2.29. The SMILES string of the molecule is O=C(c1cc(F)ccc1[N+](=O)[O-])N1CCOC(CO)C1. The summed E-state index contributed by atoms with van der Waals surface area (Å²) in [7, 11) is 0. The number of hydrogen-bond acceptors (Lipinski definition) is 5. The molecule has 1 atom stereocenters. The van der Waals surface area contributed by atoms with Crippen LogP contribution in [0.2, 0.25) is 0 Å². The number of carbonyl (C=O) groups excluding carboxylic acids is 1. The minimum absolute atomic E-state index is 0.114. The van der Waals surface area contributed by atoms with E-state index >= 15 is 0 Å². The van der Waals surface area contributed by atoms with E-state index in [1.165, 1.54) is 4.90 Å². The maximum absolute atomic E-state index is 13.2. The van der Waals surface area contributed by atoms with Crippen LogP contribution in [0.1, 0.15) is 10.4 Å². The average Bonchev–Trinajstić information content (AvgIpc) is 2.46. The molecule has 1 aromatic carbocycles. The topological polar surface area (TPSA) is 92.9 Å². The van der Waals surface area contributed by atoms with Gasteiger partial charge in [-0.05, 0) is 12.1 Å². The molecule has 2 rings (SSSR count). The van der Waals surface area contributed by atoms with Gasteiger partial charge in [-0.25, -0.2) is 4.39 Å². The maximum Gasteiger partial charge on any atom is 0.282 e. The number of nitrogens with zero attached hydrogens (tertiary/aromatic N) is 2. The first kappa shape index (κ1) is 14.4. The Morgan fingerprint density at radius 1 is 1.60 bits per heavy atom. The third-order valence-corrected chi connectivity index (χ3v) is 3.02. The van der Waals surface area contributed by atoms with E-state index in [-0.39, 0.29) is 31.9 Å². The van der Waals surface area contributed by atoms with Gasteiger partial charge in [0.25, 0.3) is 11.6 Å². The van der Waals surface area contributed by atoms with Crippen LogP contribution in [0.4, 0.5) is 10.1 Å². The fraction of sp³-hybridized carbons (Fsp3) is 0.417. The van der Waals surface area contributed by atoms with Crippen molar-refractivity contribution in [3.8, 4) is 0 Å². The van der Waals surface area contributed by atoms with Crippen LogP contribution >= 0.6 is 0 Å². The molecule has 1 heterocycles. The van der Waals surface area contributed by atoms with Gasteiger partial charge < -0.3 is 14.7 Å². The molecule has 0 aliphatic carbocycles. The van der Waals surface area contributed by atoms with Crippen molar-refractivity contribution >= 4 is 11.6 Å². The lowest BCUT2D eigenvalue weighted by Gasteiger charge is -2.31. The van der Waals surface area contributed by atoms with Crippen molar-refractivity contribution in [2.45, 2.75) is 6.10 Å². The quantitative estimate of drug-likeness (QED) is 0.647. The van der Waals surface area contributed by atoms with E-state index in [0.717, 1.165) is 18.2 Å². The minimum atomic E-state index is -0.726. The van der Waals surface area contributed by atoms with E-state index < -0.39 is 28.4 Å². The van der Waals surface area contributed by atoms with Crippen LogP contribution in [-0.4, -0.2) is 53.2 Å². The van der Waals surface area contributed by atoms with E-state index in [0.29, 0.717) is 0 Å². The Morgan fingerprint density at radius 2 is 2.35 bits per heavy atom. The summed E-state index contributed by atoms with van der Waals surface area (Å²) in [6.45, 7) is 0.321. The first-order chi connectivity index (χ1) is 9.52. The van der Waals surface area contributed by atoms with Gasteiger partial charge in [0.2, 0.25) is 0 Å². The number of carbonyl (C=O) groups is 1. The van der Waals surface area contributed by atoms with Crippen molar-refractivity contribution in [2.75, 3.05) is 26.3 Å². The highest BCUT2D eigenvalue weighted by Crippen LogP contribution is 2.22. The number of aliphatic hydroxyl groups excluding tert-OH is 1. The number of morpholine rings is 1. The van der Waals surface area contributed by atoms with E-state index in [1.54, 1.807) is 0 Å². The van der Waals surface area contributed by atoms with E-state index in [4.69, 9.17) is 9.84 Å². The van der Waals surface area contributed by atoms with Crippen LogP contribution in [0.5, 0.6) is 0 Å². The fourth-order valence-corrected chi connectivity index (χ4v) is 2.02. The Balaban J connectivity index is 2.28. The van der Waals surface area contributed by atoms with Crippen LogP contribution in [0.3, 0.4) is 0 Å². The van der Waals surface area contributed by atoms with Gasteiger partial charge in [-0.15, -0.1) is 0 Å². The van der Waals surface area contributed by atoms with E-state index in [2.05, 4.69) is 0 Å². The number of ether oxygens (including phenoxy) is 1. The Bertz CT molecular complexity index is 537.